The Morgan fingerprint density at radius 1 is 0.810 bits per heavy atom. The van der Waals surface area contributed by atoms with Crippen molar-refractivity contribution < 1.29 is 4.74 Å². The van der Waals surface area contributed by atoms with Gasteiger partial charge in [0.2, 0.25) is 11.8 Å². The minimum Gasteiger partial charge on any atom is -0.480 e. The van der Waals surface area contributed by atoms with Gasteiger partial charge in [-0.2, -0.15) is 4.98 Å². The molecule has 0 aliphatic rings. The number of nitrogens with zero attached hydrogens (tertiary/aromatic N) is 2. The minimum atomic E-state index is 0.199. The van der Waals surface area contributed by atoms with E-state index in [9.17, 15) is 0 Å². The molecule has 1 aromatic heterocycles. The van der Waals surface area contributed by atoms with Gasteiger partial charge in [-0.15, -0.1) is 0 Å². The van der Waals surface area contributed by atoms with Crippen LogP contribution in [0.3, 0.4) is 0 Å². The van der Waals surface area contributed by atoms with Crippen molar-refractivity contribution >= 4 is 5.95 Å². The van der Waals surface area contributed by atoms with Crippen LogP contribution < -0.4 is 10.5 Å². The number of aromatic nitrogens is 2. The number of hydrogen-bond donors (Lipinski definition) is 1. The molecule has 0 fully saturated rings. The SMILES string of the molecule is COc1nc(N)nc(-c2ccccc2)c1-c1ccccc1. The maximum atomic E-state index is 5.82. The minimum absolute atomic E-state index is 0.199. The number of hydrogen-bond acceptors (Lipinski definition) is 4. The summed E-state index contributed by atoms with van der Waals surface area (Å²) in [6, 6.07) is 19.8. The molecule has 0 aliphatic carbocycles. The molecule has 4 nitrogen and oxygen atoms in total. The summed E-state index contributed by atoms with van der Waals surface area (Å²) < 4.78 is 5.41. The molecule has 0 radical (unpaired) electrons. The van der Waals surface area contributed by atoms with Crippen LogP contribution in [0.15, 0.2) is 60.7 Å². The van der Waals surface area contributed by atoms with E-state index in [0.717, 1.165) is 22.4 Å². The molecular formula is C17H15N3O. The molecule has 4 heteroatoms. The van der Waals surface area contributed by atoms with E-state index in [1.54, 1.807) is 7.11 Å². The van der Waals surface area contributed by atoms with Gasteiger partial charge in [0.1, 0.15) is 0 Å². The lowest BCUT2D eigenvalue weighted by Crippen LogP contribution is -2.02. The molecule has 104 valence electrons. The van der Waals surface area contributed by atoms with Gasteiger partial charge in [-0.25, -0.2) is 4.98 Å². The van der Waals surface area contributed by atoms with Crippen LogP contribution >= 0.6 is 0 Å². The Labute approximate surface area is 123 Å². The van der Waals surface area contributed by atoms with Crippen LogP contribution in [-0.2, 0) is 0 Å². The first-order valence-corrected chi connectivity index (χ1v) is 6.62. The van der Waals surface area contributed by atoms with Gasteiger partial charge in [-0.1, -0.05) is 60.7 Å². The Hall–Kier alpha value is -2.88. The van der Waals surface area contributed by atoms with Crippen LogP contribution in [0.4, 0.5) is 5.95 Å². The third-order valence-electron chi connectivity index (χ3n) is 3.20. The van der Waals surface area contributed by atoms with Gasteiger partial charge in [0.05, 0.1) is 18.4 Å². The Balaban J connectivity index is 2.31. The summed E-state index contributed by atoms with van der Waals surface area (Å²) in [4.78, 5) is 8.61. The number of ether oxygens (including phenoxy) is 1. The summed E-state index contributed by atoms with van der Waals surface area (Å²) in [5.74, 6) is 0.679. The van der Waals surface area contributed by atoms with E-state index in [1.165, 1.54) is 0 Å². The second kappa shape index (κ2) is 5.63. The molecule has 21 heavy (non-hydrogen) atoms. The largest absolute Gasteiger partial charge is 0.480 e. The first kappa shape index (κ1) is 13.1. The van der Waals surface area contributed by atoms with E-state index in [1.807, 2.05) is 60.7 Å². The molecular weight excluding hydrogens is 262 g/mol. The molecule has 0 saturated heterocycles. The molecule has 1 heterocycles. The molecule has 2 N–H and O–H groups in total. The second-order valence-electron chi connectivity index (χ2n) is 4.55. The number of nitrogen functional groups attached to an aromatic ring is 1. The molecule has 3 rings (SSSR count). The van der Waals surface area contributed by atoms with Gasteiger partial charge in [-0.3, -0.25) is 0 Å². The summed E-state index contributed by atoms with van der Waals surface area (Å²) in [6.45, 7) is 0. The zero-order valence-corrected chi connectivity index (χ0v) is 11.7. The molecule has 0 atom stereocenters. The van der Waals surface area contributed by atoms with Crippen LogP contribution in [0.2, 0.25) is 0 Å². The van der Waals surface area contributed by atoms with E-state index in [-0.39, 0.29) is 5.95 Å². The van der Waals surface area contributed by atoms with Crippen LogP contribution in [0, 0.1) is 0 Å². The molecule has 2 aromatic carbocycles. The zero-order valence-electron chi connectivity index (χ0n) is 11.7. The normalized spacial score (nSPS) is 10.3. The number of rotatable bonds is 3. The standard InChI is InChI=1S/C17H15N3O/c1-21-16-14(12-8-4-2-5-9-12)15(19-17(18)20-16)13-10-6-3-7-11-13/h2-11H,1H3,(H2,18,19,20). The van der Waals surface area contributed by atoms with Crippen molar-refractivity contribution in [3.63, 3.8) is 0 Å². The monoisotopic (exact) mass is 277 g/mol. The van der Waals surface area contributed by atoms with Gasteiger partial charge in [0.15, 0.2) is 0 Å². The maximum absolute atomic E-state index is 5.82. The van der Waals surface area contributed by atoms with Crippen LogP contribution in [0.25, 0.3) is 22.4 Å². The lowest BCUT2D eigenvalue weighted by atomic mass is 10.0. The van der Waals surface area contributed by atoms with Gasteiger partial charge in [-0.05, 0) is 5.56 Å². The van der Waals surface area contributed by atoms with Crippen molar-refractivity contribution in [1.29, 1.82) is 0 Å². The van der Waals surface area contributed by atoms with E-state index in [0.29, 0.717) is 5.88 Å². The second-order valence-corrected chi connectivity index (χ2v) is 4.55. The quantitative estimate of drug-likeness (QED) is 0.797. The van der Waals surface area contributed by atoms with Gasteiger partial charge in [0.25, 0.3) is 0 Å². The molecule has 0 saturated carbocycles. The Bertz CT molecular complexity index is 743. The predicted octanol–water partition coefficient (Wildman–Crippen LogP) is 3.40. The molecule has 0 bridgehead atoms. The smallest absolute Gasteiger partial charge is 0.226 e. The fourth-order valence-corrected chi connectivity index (χ4v) is 2.27. The average molecular weight is 277 g/mol. The highest BCUT2D eigenvalue weighted by molar-refractivity contribution is 5.84. The average Bonchev–Trinajstić information content (AvgIpc) is 2.55. The Morgan fingerprint density at radius 2 is 1.38 bits per heavy atom. The van der Waals surface area contributed by atoms with Gasteiger partial charge in [0, 0.05) is 5.56 Å². The van der Waals surface area contributed by atoms with Crippen LogP contribution in [0.5, 0.6) is 5.88 Å². The van der Waals surface area contributed by atoms with Crippen LogP contribution in [0.1, 0.15) is 0 Å². The van der Waals surface area contributed by atoms with Crippen molar-refractivity contribution in [2.45, 2.75) is 0 Å². The van der Waals surface area contributed by atoms with Crippen LogP contribution in [-0.4, -0.2) is 17.1 Å². The first-order valence-electron chi connectivity index (χ1n) is 6.62. The Kier molecular flexibility index (Phi) is 3.51. The number of nitrogens with two attached hydrogens (primary N) is 1. The van der Waals surface area contributed by atoms with E-state index in [4.69, 9.17) is 10.5 Å². The zero-order chi connectivity index (χ0) is 14.7. The molecule has 0 aliphatic heterocycles. The third-order valence-corrected chi connectivity index (χ3v) is 3.20. The Morgan fingerprint density at radius 3 is 1.95 bits per heavy atom. The van der Waals surface area contributed by atoms with Crippen molar-refractivity contribution in [1.82, 2.24) is 9.97 Å². The summed E-state index contributed by atoms with van der Waals surface area (Å²) >= 11 is 0. The molecule has 3 aromatic rings. The predicted molar refractivity (Wildman–Crippen MR) is 83.9 cm³/mol. The highest BCUT2D eigenvalue weighted by Gasteiger charge is 2.17. The summed E-state index contributed by atoms with van der Waals surface area (Å²) in [5.41, 5.74) is 9.40. The lowest BCUT2D eigenvalue weighted by Gasteiger charge is -2.13. The van der Waals surface area contributed by atoms with Crippen molar-refractivity contribution in [2.75, 3.05) is 12.8 Å². The molecule has 0 spiro atoms. The molecule has 0 amide bonds. The fourth-order valence-electron chi connectivity index (χ4n) is 2.27. The fraction of sp³-hybridized carbons (Fsp3) is 0.0588. The maximum Gasteiger partial charge on any atom is 0.226 e. The van der Waals surface area contributed by atoms with E-state index >= 15 is 0 Å². The molecule has 0 unspecified atom stereocenters. The van der Waals surface area contributed by atoms with Gasteiger partial charge >= 0.3 is 0 Å². The van der Waals surface area contributed by atoms with Crippen molar-refractivity contribution in [2.24, 2.45) is 0 Å². The van der Waals surface area contributed by atoms with E-state index < -0.39 is 0 Å². The summed E-state index contributed by atoms with van der Waals surface area (Å²) in [7, 11) is 1.59. The third kappa shape index (κ3) is 2.56. The number of anilines is 1. The van der Waals surface area contributed by atoms with Gasteiger partial charge < -0.3 is 10.5 Å². The number of methoxy groups -OCH3 is 1. The summed E-state index contributed by atoms with van der Waals surface area (Å²) in [5, 5.41) is 0. The highest BCUT2D eigenvalue weighted by atomic mass is 16.5. The van der Waals surface area contributed by atoms with E-state index in [2.05, 4.69) is 9.97 Å². The van der Waals surface area contributed by atoms with Crippen molar-refractivity contribution in [3.8, 4) is 28.3 Å². The van der Waals surface area contributed by atoms with Crippen molar-refractivity contribution in [3.05, 3.63) is 60.7 Å². The lowest BCUT2D eigenvalue weighted by molar-refractivity contribution is 0.400. The first-order chi connectivity index (χ1) is 10.3. The topological polar surface area (TPSA) is 61.0 Å². The summed E-state index contributed by atoms with van der Waals surface area (Å²) in [6.07, 6.45) is 0. The number of benzene rings is 2. The highest BCUT2D eigenvalue weighted by Crippen LogP contribution is 2.37.